The van der Waals surface area contributed by atoms with Crippen molar-refractivity contribution in [2.24, 2.45) is 0 Å². The Bertz CT molecular complexity index is 1250. The molecule has 3 aromatic rings. The summed E-state index contributed by atoms with van der Waals surface area (Å²) in [5.41, 5.74) is 6.66. The molecule has 2 heterocycles. The van der Waals surface area contributed by atoms with E-state index in [1.165, 1.54) is 16.9 Å². The smallest absolute Gasteiger partial charge is 0.267 e. The molecule has 1 unspecified atom stereocenters. The number of thiophene rings is 1. The van der Waals surface area contributed by atoms with E-state index in [1.54, 1.807) is 23.6 Å². The first kappa shape index (κ1) is 24.7. The number of aryl methyl sites for hydroxylation is 3. The molecule has 4 rings (SSSR count). The molecule has 1 atom stereocenters. The number of benzene rings is 2. The Morgan fingerprint density at radius 3 is 2.53 bits per heavy atom. The van der Waals surface area contributed by atoms with Gasteiger partial charge in [0.15, 0.2) is 11.0 Å². The molecule has 0 spiro atoms. The zero-order valence-electron chi connectivity index (χ0n) is 19.7. The monoisotopic (exact) mass is 517 g/mol. The minimum absolute atomic E-state index is 0.243. The standard InChI is InChI=1S/C25H28ClN3O3S2/c1-15-5-6-21(19(26)13-15)34(31)28-20-7-12-33-24(20)25(30)27-22-16(2)14-17(3)23(18(22)4)29-8-10-32-11-9-29/h5-7,12-14,28H,8-11H2,1-4H3,(H,27,30). The molecule has 1 aliphatic rings. The third-order valence-electron chi connectivity index (χ3n) is 5.86. The molecule has 6 nitrogen and oxygen atoms in total. The fourth-order valence-electron chi connectivity index (χ4n) is 4.29. The van der Waals surface area contributed by atoms with E-state index in [1.807, 2.05) is 26.8 Å². The van der Waals surface area contributed by atoms with E-state index in [2.05, 4.69) is 27.9 Å². The molecule has 180 valence electrons. The average molecular weight is 518 g/mol. The Balaban J connectivity index is 1.57. The third kappa shape index (κ3) is 5.15. The molecule has 1 aliphatic heterocycles. The lowest BCUT2D eigenvalue weighted by molar-refractivity contribution is 0.103. The fourth-order valence-corrected chi connectivity index (χ4v) is 6.45. The van der Waals surface area contributed by atoms with E-state index < -0.39 is 11.0 Å². The highest BCUT2D eigenvalue weighted by Gasteiger charge is 2.22. The second kappa shape index (κ2) is 10.5. The highest BCUT2D eigenvalue weighted by atomic mass is 35.5. The zero-order chi connectivity index (χ0) is 24.4. The van der Waals surface area contributed by atoms with Gasteiger partial charge in [0.25, 0.3) is 5.91 Å². The van der Waals surface area contributed by atoms with Crippen LogP contribution in [0.4, 0.5) is 17.1 Å². The van der Waals surface area contributed by atoms with E-state index in [-0.39, 0.29) is 5.91 Å². The van der Waals surface area contributed by atoms with Crippen molar-refractivity contribution in [3.8, 4) is 0 Å². The highest BCUT2D eigenvalue weighted by molar-refractivity contribution is 7.86. The van der Waals surface area contributed by atoms with Crippen molar-refractivity contribution in [2.75, 3.05) is 41.2 Å². The van der Waals surface area contributed by atoms with Gasteiger partial charge >= 0.3 is 0 Å². The minimum Gasteiger partial charge on any atom is -0.378 e. The van der Waals surface area contributed by atoms with Gasteiger partial charge in [-0.1, -0.05) is 23.7 Å². The van der Waals surface area contributed by atoms with Crippen LogP contribution in [0.2, 0.25) is 5.02 Å². The maximum Gasteiger partial charge on any atom is 0.267 e. The summed E-state index contributed by atoms with van der Waals surface area (Å²) in [6, 6.07) is 9.23. The molecule has 9 heteroatoms. The number of nitrogens with zero attached hydrogens (tertiary/aromatic N) is 1. The Kier molecular flexibility index (Phi) is 7.62. The number of anilines is 3. The van der Waals surface area contributed by atoms with Crippen molar-refractivity contribution in [1.82, 2.24) is 0 Å². The summed E-state index contributed by atoms with van der Waals surface area (Å²) in [6.07, 6.45) is 0. The number of carbonyl (C=O) groups excluding carboxylic acids is 1. The van der Waals surface area contributed by atoms with Gasteiger partial charge in [0, 0.05) is 24.5 Å². The molecule has 0 saturated carbocycles. The number of rotatable bonds is 6. The summed E-state index contributed by atoms with van der Waals surface area (Å²) in [7, 11) is -1.60. The van der Waals surface area contributed by atoms with Crippen molar-refractivity contribution in [1.29, 1.82) is 0 Å². The highest BCUT2D eigenvalue weighted by Crippen LogP contribution is 2.35. The van der Waals surface area contributed by atoms with Crippen LogP contribution in [-0.4, -0.2) is 36.4 Å². The first-order chi connectivity index (χ1) is 16.3. The minimum atomic E-state index is -1.60. The molecule has 34 heavy (non-hydrogen) atoms. The van der Waals surface area contributed by atoms with Crippen LogP contribution < -0.4 is 14.9 Å². The van der Waals surface area contributed by atoms with Gasteiger partial charge in [-0.25, -0.2) is 4.21 Å². The lowest BCUT2D eigenvalue weighted by Gasteiger charge is -2.32. The molecule has 1 saturated heterocycles. The van der Waals surface area contributed by atoms with E-state index in [4.69, 9.17) is 16.3 Å². The third-order valence-corrected chi connectivity index (χ3v) is 8.36. The molecule has 2 N–H and O–H groups in total. The van der Waals surface area contributed by atoms with Crippen LogP contribution in [0.15, 0.2) is 40.6 Å². The summed E-state index contributed by atoms with van der Waals surface area (Å²) in [5, 5.41) is 5.34. The van der Waals surface area contributed by atoms with Crippen molar-refractivity contribution < 1.29 is 13.7 Å². The number of halogens is 1. The molecular formula is C25H28ClN3O3S2. The first-order valence-corrected chi connectivity index (χ1v) is 13.4. The van der Waals surface area contributed by atoms with E-state index in [0.29, 0.717) is 33.7 Å². The number of ether oxygens (including phenoxy) is 1. The maximum absolute atomic E-state index is 13.3. The molecule has 0 bridgehead atoms. The van der Waals surface area contributed by atoms with Gasteiger partial charge in [-0.3, -0.25) is 9.52 Å². The van der Waals surface area contributed by atoms with Crippen LogP contribution in [0.3, 0.4) is 0 Å². The molecule has 2 aromatic carbocycles. The van der Waals surface area contributed by atoms with Gasteiger partial charge in [0.05, 0.1) is 28.8 Å². The summed E-state index contributed by atoms with van der Waals surface area (Å²) in [4.78, 5) is 16.6. The number of amides is 1. The van der Waals surface area contributed by atoms with Gasteiger partial charge in [0.2, 0.25) is 0 Å². The quantitative estimate of drug-likeness (QED) is 0.429. The summed E-state index contributed by atoms with van der Waals surface area (Å²) >= 11 is 7.58. The molecule has 0 radical (unpaired) electrons. The van der Waals surface area contributed by atoms with Crippen molar-refractivity contribution in [2.45, 2.75) is 32.6 Å². The van der Waals surface area contributed by atoms with Crippen molar-refractivity contribution in [3.63, 3.8) is 0 Å². The largest absolute Gasteiger partial charge is 0.378 e. The lowest BCUT2D eigenvalue weighted by Crippen LogP contribution is -2.37. The SMILES string of the molecule is Cc1ccc(S(=O)Nc2ccsc2C(=O)Nc2c(C)cc(C)c(N3CCOCC3)c2C)c(Cl)c1. The predicted octanol–water partition coefficient (Wildman–Crippen LogP) is 5.86. The second-order valence-corrected chi connectivity index (χ2v) is 10.9. The van der Waals surface area contributed by atoms with Gasteiger partial charge in [-0.05, 0) is 73.5 Å². The Hall–Kier alpha value is -2.39. The van der Waals surface area contributed by atoms with Crippen LogP contribution in [0.1, 0.15) is 31.9 Å². The van der Waals surface area contributed by atoms with Gasteiger partial charge in [-0.15, -0.1) is 11.3 Å². The number of hydrogen-bond donors (Lipinski definition) is 2. The van der Waals surface area contributed by atoms with Crippen LogP contribution >= 0.6 is 22.9 Å². The number of morpholine rings is 1. The normalized spacial score (nSPS) is 14.7. The second-order valence-electron chi connectivity index (χ2n) is 8.38. The van der Waals surface area contributed by atoms with Crippen LogP contribution in [0.5, 0.6) is 0 Å². The van der Waals surface area contributed by atoms with Crippen LogP contribution in [0, 0.1) is 27.7 Å². The fraction of sp³-hybridized carbons (Fsp3) is 0.320. The van der Waals surface area contributed by atoms with Gasteiger partial charge in [-0.2, -0.15) is 0 Å². The molecular weight excluding hydrogens is 490 g/mol. The summed E-state index contributed by atoms with van der Waals surface area (Å²) in [5.74, 6) is -0.243. The Morgan fingerprint density at radius 1 is 1.09 bits per heavy atom. The van der Waals surface area contributed by atoms with Gasteiger partial charge < -0.3 is 15.0 Å². The number of hydrogen-bond acceptors (Lipinski definition) is 5. The Morgan fingerprint density at radius 2 is 1.82 bits per heavy atom. The maximum atomic E-state index is 13.3. The average Bonchev–Trinajstić information content (AvgIpc) is 3.25. The lowest BCUT2D eigenvalue weighted by atomic mass is 10.0. The Labute approximate surface area is 211 Å². The zero-order valence-corrected chi connectivity index (χ0v) is 22.0. The van der Waals surface area contributed by atoms with Crippen LogP contribution in [0.25, 0.3) is 0 Å². The topological polar surface area (TPSA) is 70.7 Å². The molecule has 1 amide bonds. The predicted molar refractivity (Wildman–Crippen MR) is 142 cm³/mol. The summed E-state index contributed by atoms with van der Waals surface area (Å²) in [6.45, 7) is 11.1. The molecule has 1 fully saturated rings. The van der Waals surface area contributed by atoms with Crippen LogP contribution in [-0.2, 0) is 15.7 Å². The van der Waals surface area contributed by atoms with Crippen molar-refractivity contribution >= 4 is 56.9 Å². The van der Waals surface area contributed by atoms with E-state index in [9.17, 15) is 9.00 Å². The van der Waals surface area contributed by atoms with E-state index >= 15 is 0 Å². The van der Waals surface area contributed by atoms with Crippen molar-refractivity contribution in [3.05, 3.63) is 67.9 Å². The van der Waals surface area contributed by atoms with Gasteiger partial charge in [0.1, 0.15) is 4.88 Å². The van der Waals surface area contributed by atoms with E-state index in [0.717, 1.165) is 41.2 Å². The summed E-state index contributed by atoms with van der Waals surface area (Å²) < 4.78 is 21.4. The number of nitrogens with one attached hydrogen (secondary N) is 2. The molecule has 1 aromatic heterocycles. The first-order valence-electron chi connectivity index (χ1n) is 11.0. The molecule has 0 aliphatic carbocycles. The number of carbonyl (C=O) groups is 1.